The van der Waals surface area contributed by atoms with E-state index < -0.39 is 5.97 Å². The number of hydrogen-bond acceptors (Lipinski definition) is 7. The van der Waals surface area contributed by atoms with Gasteiger partial charge < -0.3 is 9.72 Å². The Morgan fingerprint density at radius 3 is 2.65 bits per heavy atom. The number of carbonyl (C=O) groups is 2. The lowest BCUT2D eigenvalue weighted by atomic mass is 10.1. The van der Waals surface area contributed by atoms with E-state index in [1.807, 2.05) is 11.6 Å². The SMILES string of the molecule is COC(=O)c1c(C)[nH]c(C(=O)C(C)Sc2nnnn2C2CCCC2)c1C. The van der Waals surface area contributed by atoms with Crippen LogP contribution in [0.15, 0.2) is 5.16 Å². The van der Waals surface area contributed by atoms with E-state index in [-0.39, 0.29) is 11.0 Å². The number of methoxy groups -OCH3 is 1. The molecule has 3 rings (SSSR count). The van der Waals surface area contributed by atoms with E-state index in [1.165, 1.54) is 31.7 Å². The molecule has 0 amide bonds. The number of hydrogen-bond donors (Lipinski definition) is 1. The van der Waals surface area contributed by atoms with Gasteiger partial charge in [0.15, 0.2) is 5.78 Å². The van der Waals surface area contributed by atoms with Gasteiger partial charge in [-0.25, -0.2) is 9.48 Å². The maximum atomic E-state index is 12.9. The molecule has 1 aliphatic carbocycles. The number of ketones is 1. The van der Waals surface area contributed by atoms with E-state index in [4.69, 9.17) is 4.74 Å². The first-order valence-electron chi connectivity index (χ1n) is 8.70. The third-order valence-corrected chi connectivity index (χ3v) is 5.91. The molecule has 9 heteroatoms. The van der Waals surface area contributed by atoms with Crippen molar-refractivity contribution >= 4 is 23.5 Å². The maximum absolute atomic E-state index is 12.9. The van der Waals surface area contributed by atoms with Gasteiger partial charge in [-0.3, -0.25) is 4.79 Å². The Morgan fingerprint density at radius 1 is 1.31 bits per heavy atom. The predicted octanol–water partition coefficient (Wildman–Crippen LogP) is 2.88. The van der Waals surface area contributed by atoms with Gasteiger partial charge in [0.25, 0.3) is 0 Å². The summed E-state index contributed by atoms with van der Waals surface area (Å²) in [6.07, 6.45) is 4.50. The molecule has 140 valence electrons. The van der Waals surface area contributed by atoms with E-state index >= 15 is 0 Å². The highest BCUT2D eigenvalue weighted by Gasteiger charge is 2.28. The second kappa shape index (κ2) is 7.61. The number of thioether (sulfide) groups is 1. The number of tetrazole rings is 1. The van der Waals surface area contributed by atoms with E-state index in [2.05, 4.69) is 20.5 Å². The van der Waals surface area contributed by atoms with Crippen LogP contribution in [0.25, 0.3) is 0 Å². The molecule has 1 aliphatic rings. The van der Waals surface area contributed by atoms with Crippen LogP contribution in [0, 0.1) is 13.8 Å². The summed E-state index contributed by atoms with van der Waals surface area (Å²) in [6.45, 7) is 5.34. The van der Waals surface area contributed by atoms with E-state index in [1.54, 1.807) is 13.8 Å². The molecular weight excluding hydrogens is 354 g/mol. The Hall–Kier alpha value is -2.16. The van der Waals surface area contributed by atoms with Crippen LogP contribution >= 0.6 is 11.8 Å². The number of rotatable bonds is 6. The van der Waals surface area contributed by atoms with Gasteiger partial charge in [-0.1, -0.05) is 24.6 Å². The maximum Gasteiger partial charge on any atom is 0.339 e. The number of ether oxygens (including phenoxy) is 1. The van der Waals surface area contributed by atoms with Crippen LogP contribution in [0.2, 0.25) is 0 Å². The highest BCUT2D eigenvalue weighted by molar-refractivity contribution is 8.00. The fraction of sp³-hybridized carbons (Fsp3) is 0.588. The van der Waals surface area contributed by atoms with Crippen LogP contribution in [0.5, 0.6) is 0 Å². The summed E-state index contributed by atoms with van der Waals surface area (Å²) < 4.78 is 6.65. The number of H-pyrrole nitrogens is 1. The Kier molecular flexibility index (Phi) is 5.45. The lowest BCUT2D eigenvalue weighted by Crippen LogP contribution is -2.17. The fourth-order valence-corrected chi connectivity index (χ4v) is 4.38. The highest BCUT2D eigenvalue weighted by Crippen LogP contribution is 2.33. The molecule has 1 unspecified atom stereocenters. The van der Waals surface area contributed by atoms with Crippen LogP contribution in [-0.4, -0.2) is 49.3 Å². The average Bonchev–Trinajstić information content (AvgIpc) is 3.34. The average molecular weight is 377 g/mol. The molecular formula is C17H23N5O3S. The van der Waals surface area contributed by atoms with Crippen molar-refractivity contribution in [1.82, 2.24) is 25.2 Å². The standard InChI is InChI=1S/C17H23N5O3S/c1-9-13(16(24)25-4)10(2)18-14(9)15(23)11(3)26-17-19-20-21-22(17)12-7-5-6-8-12/h11-12,18H,5-8H2,1-4H3. The number of aromatic amines is 1. The highest BCUT2D eigenvalue weighted by atomic mass is 32.2. The van der Waals surface area contributed by atoms with Crippen molar-refractivity contribution in [2.24, 2.45) is 0 Å². The van der Waals surface area contributed by atoms with Gasteiger partial charge in [0.05, 0.1) is 29.7 Å². The Bertz CT molecular complexity index is 822. The summed E-state index contributed by atoms with van der Waals surface area (Å²) in [5.74, 6) is -0.535. The zero-order chi connectivity index (χ0) is 18.8. The van der Waals surface area contributed by atoms with E-state index in [0.717, 1.165) is 12.8 Å². The van der Waals surface area contributed by atoms with Gasteiger partial charge in [-0.05, 0) is 49.6 Å². The molecule has 1 fully saturated rings. The molecule has 2 heterocycles. The van der Waals surface area contributed by atoms with E-state index in [9.17, 15) is 9.59 Å². The van der Waals surface area contributed by atoms with Crippen molar-refractivity contribution < 1.29 is 14.3 Å². The number of aromatic nitrogens is 5. The second-order valence-electron chi connectivity index (χ2n) is 6.59. The molecule has 26 heavy (non-hydrogen) atoms. The Balaban J connectivity index is 1.79. The van der Waals surface area contributed by atoms with Crippen LogP contribution in [-0.2, 0) is 4.74 Å². The molecule has 0 aliphatic heterocycles. The lowest BCUT2D eigenvalue weighted by molar-refractivity contribution is 0.0599. The second-order valence-corrected chi connectivity index (χ2v) is 7.89. The third-order valence-electron chi connectivity index (χ3n) is 4.86. The molecule has 0 bridgehead atoms. The zero-order valence-corrected chi connectivity index (χ0v) is 16.2. The van der Waals surface area contributed by atoms with Crippen molar-refractivity contribution in [1.29, 1.82) is 0 Å². The molecule has 2 aromatic rings. The summed E-state index contributed by atoms with van der Waals surface area (Å²) in [6, 6.07) is 0.315. The quantitative estimate of drug-likeness (QED) is 0.469. The van der Waals surface area contributed by atoms with Crippen molar-refractivity contribution in [3.05, 3.63) is 22.5 Å². The minimum Gasteiger partial charge on any atom is -0.465 e. The number of nitrogens with one attached hydrogen (secondary N) is 1. The predicted molar refractivity (Wildman–Crippen MR) is 96.6 cm³/mol. The third kappa shape index (κ3) is 3.40. The van der Waals surface area contributed by atoms with Gasteiger partial charge in [0, 0.05) is 5.69 Å². The summed E-state index contributed by atoms with van der Waals surface area (Å²) in [4.78, 5) is 27.9. The van der Waals surface area contributed by atoms with Crippen LogP contribution in [0.3, 0.4) is 0 Å². The smallest absolute Gasteiger partial charge is 0.339 e. The van der Waals surface area contributed by atoms with Crippen molar-refractivity contribution in [3.8, 4) is 0 Å². The lowest BCUT2D eigenvalue weighted by Gasteiger charge is -2.13. The number of nitrogens with zero attached hydrogens (tertiary/aromatic N) is 4. The summed E-state index contributed by atoms with van der Waals surface area (Å²) >= 11 is 1.35. The Morgan fingerprint density at radius 2 is 2.00 bits per heavy atom. The monoisotopic (exact) mass is 377 g/mol. The molecule has 2 aromatic heterocycles. The number of Topliss-reactive ketones (excluding diaryl/α,β-unsaturated/α-hetero) is 1. The first kappa shape index (κ1) is 18.6. The summed E-state index contributed by atoms with van der Waals surface area (Å²) in [5.41, 5.74) is 2.10. The molecule has 1 atom stereocenters. The number of aryl methyl sites for hydroxylation is 1. The topological polar surface area (TPSA) is 103 Å². The van der Waals surface area contributed by atoms with Gasteiger partial charge in [0.1, 0.15) is 0 Å². The van der Waals surface area contributed by atoms with Gasteiger partial charge in [-0.15, -0.1) is 5.10 Å². The summed E-state index contributed by atoms with van der Waals surface area (Å²) in [7, 11) is 1.33. The van der Waals surface area contributed by atoms with Crippen molar-refractivity contribution in [2.45, 2.75) is 62.9 Å². The molecule has 0 saturated heterocycles. The summed E-state index contributed by atoms with van der Waals surface area (Å²) in [5, 5.41) is 12.3. The first-order valence-corrected chi connectivity index (χ1v) is 9.58. The Labute approximate surface area is 156 Å². The number of esters is 1. The molecule has 1 saturated carbocycles. The van der Waals surface area contributed by atoms with Gasteiger partial charge in [0.2, 0.25) is 5.16 Å². The van der Waals surface area contributed by atoms with Crippen LogP contribution < -0.4 is 0 Å². The largest absolute Gasteiger partial charge is 0.465 e. The minimum atomic E-state index is -0.444. The van der Waals surface area contributed by atoms with Crippen LogP contribution in [0.4, 0.5) is 0 Å². The van der Waals surface area contributed by atoms with Crippen LogP contribution in [0.1, 0.15) is 70.8 Å². The van der Waals surface area contributed by atoms with E-state index in [0.29, 0.717) is 33.7 Å². The normalized spacial score (nSPS) is 16.0. The molecule has 0 radical (unpaired) electrons. The first-order chi connectivity index (χ1) is 12.4. The zero-order valence-electron chi connectivity index (χ0n) is 15.4. The van der Waals surface area contributed by atoms with Gasteiger partial charge in [-0.2, -0.15) is 0 Å². The van der Waals surface area contributed by atoms with Crippen molar-refractivity contribution in [3.63, 3.8) is 0 Å². The number of carbonyl (C=O) groups excluding carboxylic acids is 2. The molecule has 0 aromatic carbocycles. The molecule has 1 N–H and O–H groups in total. The van der Waals surface area contributed by atoms with Crippen molar-refractivity contribution in [2.75, 3.05) is 7.11 Å². The molecule has 8 nitrogen and oxygen atoms in total. The molecule has 0 spiro atoms. The fourth-order valence-electron chi connectivity index (χ4n) is 3.46. The van der Waals surface area contributed by atoms with Gasteiger partial charge >= 0.3 is 5.97 Å². The minimum absolute atomic E-state index is 0.0910.